The van der Waals surface area contributed by atoms with Crippen molar-refractivity contribution in [2.45, 2.75) is 44.6 Å². The van der Waals surface area contributed by atoms with Gasteiger partial charge in [0.05, 0.1) is 24.9 Å². The highest BCUT2D eigenvalue weighted by atomic mass is 35.5. The van der Waals surface area contributed by atoms with Crippen LogP contribution in [-0.4, -0.2) is 30.0 Å². The van der Waals surface area contributed by atoms with E-state index in [1.165, 1.54) is 19.2 Å². The smallest absolute Gasteiger partial charge is 0.416 e. The Hall–Kier alpha value is -2.06. The summed E-state index contributed by atoms with van der Waals surface area (Å²) < 4.78 is 49.6. The molecule has 0 saturated carbocycles. The quantitative estimate of drug-likeness (QED) is 0.728. The van der Waals surface area contributed by atoms with Gasteiger partial charge in [-0.3, -0.25) is 0 Å². The van der Waals surface area contributed by atoms with Crippen LogP contribution < -0.4 is 10.1 Å². The highest BCUT2D eigenvalue weighted by molar-refractivity contribution is 6.30. The highest BCUT2D eigenvalue weighted by Gasteiger charge is 2.31. The van der Waals surface area contributed by atoms with Gasteiger partial charge in [0, 0.05) is 12.1 Å². The van der Waals surface area contributed by atoms with Crippen LogP contribution in [0.4, 0.5) is 18.9 Å². The molecule has 1 aromatic heterocycles. The van der Waals surface area contributed by atoms with E-state index in [4.69, 9.17) is 21.1 Å². The molecular weight excluding hydrogens is 395 g/mol. The van der Waals surface area contributed by atoms with Crippen molar-refractivity contribution in [2.75, 3.05) is 19.0 Å². The lowest BCUT2D eigenvalue weighted by Gasteiger charge is -2.31. The lowest BCUT2D eigenvalue weighted by Crippen LogP contribution is -2.29. The summed E-state index contributed by atoms with van der Waals surface area (Å²) in [5, 5.41) is 11.3. The van der Waals surface area contributed by atoms with Gasteiger partial charge < -0.3 is 14.8 Å². The first kappa shape index (κ1) is 20.7. The number of ether oxygens (including phenoxy) is 2. The molecule has 0 aliphatic carbocycles. The number of anilines is 1. The summed E-state index contributed by atoms with van der Waals surface area (Å²) in [6, 6.07) is 5.17. The van der Waals surface area contributed by atoms with E-state index >= 15 is 0 Å². The molecule has 1 fully saturated rings. The van der Waals surface area contributed by atoms with Crippen molar-refractivity contribution in [3.05, 3.63) is 46.1 Å². The maximum atomic E-state index is 12.7. The summed E-state index contributed by atoms with van der Waals surface area (Å²) in [4.78, 5) is 0. The molecule has 1 aliphatic heterocycles. The van der Waals surface area contributed by atoms with Gasteiger partial charge in [0.25, 0.3) is 5.88 Å². The zero-order chi connectivity index (χ0) is 20.3. The Morgan fingerprint density at radius 1 is 1.21 bits per heavy atom. The molecule has 3 rings (SSSR count). The molecule has 2 heterocycles. The molecule has 0 radical (unpaired) electrons. The van der Waals surface area contributed by atoms with Gasteiger partial charge in [0.1, 0.15) is 5.69 Å². The molecule has 5 nitrogen and oxygen atoms in total. The topological polar surface area (TPSA) is 56.3 Å². The summed E-state index contributed by atoms with van der Waals surface area (Å²) in [5.41, 5.74) is 1.47. The number of methoxy groups -OCH3 is 1. The van der Waals surface area contributed by atoms with Crippen molar-refractivity contribution < 1.29 is 22.6 Å². The average molecular weight is 416 g/mol. The molecule has 0 amide bonds. The standard InChI is InChI=1S/C19H21ClF3N3O2/c1-11-16(18(27-2)26-25-17(11)20)24-10-14-4-3-5-15(28-14)12-6-8-13(9-7-12)19(21,22)23/h6-9,14-15H,3-5,10H2,1-2H3,(H,24,25). The number of rotatable bonds is 5. The molecule has 1 aliphatic rings. The third-order valence-electron chi connectivity index (χ3n) is 4.79. The van der Waals surface area contributed by atoms with Crippen LogP contribution in [0.25, 0.3) is 0 Å². The summed E-state index contributed by atoms with van der Waals surface area (Å²) in [5.74, 6) is 0.344. The van der Waals surface area contributed by atoms with E-state index in [1.807, 2.05) is 6.92 Å². The van der Waals surface area contributed by atoms with E-state index in [0.29, 0.717) is 18.1 Å². The van der Waals surface area contributed by atoms with E-state index in [1.54, 1.807) is 0 Å². The molecule has 0 spiro atoms. The normalized spacial score (nSPS) is 20.1. The summed E-state index contributed by atoms with van der Waals surface area (Å²) in [7, 11) is 1.50. The Morgan fingerprint density at radius 3 is 2.57 bits per heavy atom. The Labute approximate surface area is 166 Å². The Kier molecular flexibility index (Phi) is 6.30. The maximum absolute atomic E-state index is 12.7. The fourth-order valence-electron chi connectivity index (χ4n) is 3.23. The number of nitrogens with one attached hydrogen (secondary N) is 1. The van der Waals surface area contributed by atoms with Crippen molar-refractivity contribution in [1.29, 1.82) is 0 Å². The molecular formula is C19H21ClF3N3O2. The number of halogens is 4. The largest absolute Gasteiger partial charge is 0.478 e. The van der Waals surface area contributed by atoms with Crippen molar-refractivity contribution in [3.63, 3.8) is 0 Å². The van der Waals surface area contributed by atoms with E-state index in [0.717, 1.165) is 42.5 Å². The molecule has 2 aromatic rings. The Balaban J connectivity index is 1.65. The molecule has 2 atom stereocenters. The van der Waals surface area contributed by atoms with Crippen LogP contribution in [0, 0.1) is 6.92 Å². The van der Waals surface area contributed by atoms with Crippen molar-refractivity contribution in [2.24, 2.45) is 0 Å². The summed E-state index contributed by atoms with van der Waals surface area (Å²) in [6.07, 6.45) is -2.13. The molecule has 152 valence electrons. The lowest BCUT2D eigenvalue weighted by molar-refractivity contribution is -0.137. The first-order valence-corrected chi connectivity index (χ1v) is 9.30. The van der Waals surface area contributed by atoms with Gasteiger partial charge in [0.15, 0.2) is 5.15 Å². The van der Waals surface area contributed by atoms with Crippen LogP contribution in [0.3, 0.4) is 0 Å². The van der Waals surface area contributed by atoms with E-state index in [9.17, 15) is 13.2 Å². The SMILES string of the molecule is COc1nnc(Cl)c(C)c1NCC1CCCC(c2ccc(C(F)(F)F)cc2)O1. The second-order valence-electron chi connectivity index (χ2n) is 6.68. The molecule has 28 heavy (non-hydrogen) atoms. The number of hydrogen-bond acceptors (Lipinski definition) is 5. The Morgan fingerprint density at radius 2 is 1.93 bits per heavy atom. The number of nitrogens with zero attached hydrogens (tertiary/aromatic N) is 2. The van der Waals surface area contributed by atoms with Crippen LogP contribution in [0.1, 0.15) is 42.1 Å². The van der Waals surface area contributed by atoms with Crippen molar-refractivity contribution in [1.82, 2.24) is 10.2 Å². The van der Waals surface area contributed by atoms with Crippen LogP contribution in [0.2, 0.25) is 5.15 Å². The average Bonchev–Trinajstić information content (AvgIpc) is 2.69. The number of hydrogen-bond donors (Lipinski definition) is 1. The van der Waals surface area contributed by atoms with Crippen molar-refractivity contribution >= 4 is 17.3 Å². The molecule has 1 aromatic carbocycles. The van der Waals surface area contributed by atoms with Crippen LogP contribution in [0.15, 0.2) is 24.3 Å². The van der Waals surface area contributed by atoms with Gasteiger partial charge in [-0.1, -0.05) is 23.7 Å². The molecule has 2 unspecified atom stereocenters. The second kappa shape index (κ2) is 8.53. The lowest BCUT2D eigenvalue weighted by atomic mass is 9.97. The predicted molar refractivity (Wildman–Crippen MR) is 99.7 cm³/mol. The van der Waals surface area contributed by atoms with E-state index in [-0.39, 0.29) is 17.4 Å². The molecule has 1 N–H and O–H groups in total. The minimum atomic E-state index is -4.34. The third kappa shape index (κ3) is 4.67. The highest BCUT2D eigenvalue weighted by Crippen LogP contribution is 2.35. The second-order valence-corrected chi connectivity index (χ2v) is 7.04. The minimum Gasteiger partial charge on any atom is -0.478 e. The van der Waals surface area contributed by atoms with Crippen LogP contribution >= 0.6 is 11.6 Å². The van der Waals surface area contributed by atoms with Gasteiger partial charge in [-0.05, 0) is 43.9 Å². The maximum Gasteiger partial charge on any atom is 0.416 e. The zero-order valence-corrected chi connectivity index (χ0v) is 16.3. The van der Waals surface area contributed by atoms with Crippen molar-refractivity contribution in [3.8, 4) is 5.88 Å². The van der Waals surface area contributed by atoms with Crippen LogP contribution in [0.5, 0.6) is 5.88 Å². The monoisotopic (exact) mass is 415 g/mol. The molecule has 1 saturated heterocycles. The fourth-order valence-corrected chi connectivity index (χ4v) is 3.36. The fraction of sp³-hybridized carbons (Fsp3) is 0.474. The van der Waals surface area contributed by atoms with Gasteiger partial charge in [-0.2, -0.15) is 13.2 Å². The predicted octanol–water partition coefficient (Wildman–Crippen LogP) is 5.19. The zero-order valence-electron chi connectivity index (χ0n) is 15.5. The van der Waals surface area contributed by atoms with Gasteiger partial charge in [0.2, 0.25) is 0 Å². The first-order valence-electron chi connectivity index (χ1n) is 8.93. The number of alkyl halides is 3. The molecule has 0 bridgehead atoms. The van der Waals surface area contributed by atoms with E-state index < -0.39 is 11.7 Å². The van der Waals surface area contributed by atoms with Gasteiger partial charge in [-0.15, -0.1) is 10.2 Å². The number of benzene rings is 1. The van der Waals surface area contributed by atoms with E-state index in [2.05, 4.69) is 15.5 Å². The van der Waals surface area contributed by atoms with Crippen LogP contribution in [-0.2, 0) is 10.9 Å². The first-order chi connectivity index (χ1) is 13.3. The Bertz CT molecular complexity index is 815. The summed E-state index contributed by atoms with van der Waals surface area (Å²) in [6.45, 7) is 2.31. The van der Waals surface area contributed by atoms with Gasteiger partial charge >= 0.3 is 6.18 Å². The molecule has 9 heteroatoms. The minimum absolute atomic E-state index is 0.0999. The van der Waals surface area contributed by atoms with Gasteiger partial charge in [-0.25, -0.2) is 0 Å². The third-order valence-corrected chi connectivity index (χ3v) is 5.14. The summed E-state index contributed by atoms with van der Waals surface area (Å²) >= 11 is 6.03. The number of aromatic nitrogens is 2.